The summed E-state index contributed by atoms with van der Waals surface area (Å²) in [7, 11) is 2.94. The maximum absolute atomic E-state index is 15.2. The van der Waals surface area contributed by atoms with Crippen LogP contribution in [0.3, 0.4) is 0 Å². The van der Waals surface area contributed by atoms with Crippen molar-refractivity contribution in [1.29, 1.82) is 0 Å². The van der Waals surface area contributed by atoms with E-state index in [9.17, 15) is 26.3 Å². The molecule has 2 aromatic carbocycles. The Kier molecular flexibility index (Phi) is 13.2. The molecule has 304 valence electrons. The molecule has 2 aliphatic rings. The molecule has 6 rings (SSSR count). The van der Waals surface area contributed by atoms with E-state index >= 15 is 4.79 Å². The molecular formula is C39H44F6N4O5S2. The van der Waals surface area contributed by atoms with Gasteiger partial charge >= 0.3 is 12.4 Å². The van der Waals surface area contributed by atoms with Gasteiger partial charge in [-0.2, -0.15) is 26.3 Å². The van der Waals surface area contributed by atoms with Crippen molar-refractivity contribution in [3.05, 3.63) is 59.9 Å². The molecule has 0 amide bonds. The van der Waals surface area contributed by atoms with Gasteiger partial charge in [0.2, 0.25) is 28.4 Å². The molecule has 0 radical (unpaired) electrons. The molecule has 2 fully saturated rings. The van der Waals surface area contributed by atoms with Gasteiger partial charge in [-0.05, 0) is 87.1 Å². The summed E-state index contributed by atoms with van der Waals surface area (Å²) in [6.07, 6.45) is -7.81. The predicted molar refractivity (Wildman–Crippen MR) is 201 cm³/mol. The second-order valence-corrected chi connectivity index (χ2v) is 15.6. The van der Waals surface area contributed by atoms with Crippen LogP contribution in [0.5, 0.6) is 21.6 Å². The summed E-state index contributed by atoms with van der Waals surface area (Å²) in [5, 5.41) is -1.23. The van der Waals surface area contributed by atoms with Crippen LogP contribution in [-0.4, -0.2) is 77.4 Å². The molecule has 9 nitrogen and oxygen atoms in total. The smallest absolute Gasteiger partial charge is 0.437 e. The average Bonchev–Trinajstić information content (AvgIpc) is 3.84. The Morgan fingerprint density at radius 3 is 1.38 bits per heavy atom. The van der Waals surface area contributed by atoms with Crippen molar-refractivity contribution >= 4 is 28.5 Å². The minimum absolute atomic E-state index is 0.00674. The first-order valence-corrected chi connectivity index (χ1v) is 20.2. The van der Waals surface area contributed by atoms with E-state index in [0.29, 0.717) is 96.9 Å². The fraction of sp³-hybridized carbons (Fsp3) is 0.513. The molecule has 2 aromatic heterocycles. The zero-order chi connectivity index (χ0) is 40.2. The van der Waals surface area contributed by atoms with Crippen molar-refractivity contribution in [1.82, 2.24) is 19.8 Å². The third-order valence-electron chi connectivity index (χ3n) is 10.2. The van der Waals surface area contributed by atoms with Crippen molar-refractivity contribution in [3.63, 3.8) is 0 Å². The van der Waals surface area contributed by atoms with Crippen molar-refractivity contribution in [2.75, 3.05) is 27.3 Å². The maximum atomic E-state index is 15.2. The lowest BCUT2D eigenvalue weighted by Gasteiger charge is -2.44. The molecule has 4 unspecified atom stereocenters. The highest BCUT2D eigenvalue weighted by Crippen LogP contribution is 2.46. The molecule has 0 spiro atoms. The number of Topliss-reactive ketones (excluding diaryl/α,β-unsaturated/α-hetero) is 1. The van der Waals surface area contributed by atoms with E-state index in [1.54, 1.807) is 58.3 Å². The van der Waals surface area contributed by atoms with E-state index in [-0.39, 0.29) is 22.1 Å². The summed E-state index contributed by atoms with van der Waals surface area (Å²) in [4.78, 5) is 26.6. The van der Waals surface area contributed by atoms with E-state index in [1.807, 2.05) is 13.8 Å². The molecule has 2 saturated heterocycles. The molecular weight excluding hydrogens is 783 g/mol. The summed E-state index contributed by atoms with van der Waals surface area (Å²) in [6, 6.07) is 12.2. The molecule has 0 saturated carbocycles. The summed E-state index contributed by atoms with van der Waals surface area (Å²) in [5.74, 6) is 0.198. The second-order valence-electron chi connectivity index (χ2n) is 13.7. The largest absolute Gasteiger partial charge is 0.497 e. The van der Waals surface area contributed by atoms with Crippen LogP contribution in [0.4, 0.5) is 26.3 Å². The minimum atomic E-state index is -4.95. The number of ether oxygens (including phenoxy) is 4. The van der Waals surface area contributed by atoms with Crippen LogP contribution in [0.1, 0.15) is 76.6 Å². The molecule has 4 heterocycles. The van der Waals surface area contributed by atoms with Gasteiger partial charge in [0.15, 0.2) is 11.4 Å². The lowest BCUT2D eigenvalue weighted by Crippen LogP contribution is -2.61. The van der Waals surface area contributed by atoms with E-state index in [1.165, 1.54) is 14.2 Å². The van der Waals surface area contributed by atoms with Gasteiger partial charge in [-0.15, -0.1) is 0 Å². The number of benzene rings is 2. The number of hydrogen-bond donors (Lipinski definition) is 0. The summed E-state index contributed by atoms with van der Waals surface area (Å²) >= 11 is 1.29. The Morgan fingerprint density at radius 1 is 0.679 bits per heavy atom. The molecule has 0 N–H and O–H groups in total. The van der Waals surface area contributed by atoms with Crippen LogP contribution >= 0.6 is 22.7 Å². The van der Waals surface area contributed by atoms with Crippen LogP contribution in [0, 0.1) is 0 Å². The molecule has 17 heteroatoms. The van der Waals surface area contributed by atoms with E-state index in [4.69, 9.17) is 18.9 Å². The first-order valence-electron chi connectivity index (χ1n) is 18.6. The predicted octanol–water partition coefficient (Wildman–Crippen LogP) is 10.2. The number of likely N-dealkylation sites (tertiary alicyclic amines) is 2. The number of piperidine rings is 2. The summed E-state index contributed by atoms with van der Waals surface area (Å²) in [5.41, 5.74) is -1.85. The van der Waals surface area contributed by atoms with Gasteiger partial charge in [0.05, 0.1) is 14.2 Å². The Hall–Kier alpha value is -3.93. The van der Waals surface area contributed by atoms with E-state index in [0.717, 1.165) is 12.8 Å². The Balaban J connectivity index is 1.46. The van der Waals surface area contributed by atoms with Gasteiger partial charge in [0.25, 0.3) is 0 Å². The quantitative estimate of drug-likeness (QED) is 0.115. The summed E-state index contributed by atoms with van der Waals surface area (Å²) in [6.45, 7) is 4.47. The average molecular weight is 827 g/mol. The Morgan fingerprint density at radius 2 is 1.05 bits per heavy atom. The number of carbonyl (C=O) groups is 1. The van der Waals surface area contributed by atoms with Crippen molar-refractivity contribution < 1.29 is 50.1 Å². The monoisotopic (exact) mass is 826 g/mol. The molecule has 4 atom stereocenters. The van der Waals surface area contributed by atoms with Crippen LogP contribution in [0.25, 0.3) is 21.1 Å². The lowest BCUT2D eigenvalue weighted by molar-refractivity contribution is -0.162. The number of ketones is 1. The Labute approximate surface area is 329 Å². The van der Waals surface area contributed by atoms with Gasteiger partial charge in [-0.1, -0.05) is 49.4 Å². The van der Waals surface area contributed by atoms with Crippen molar-refractivity contribution in [2.24, 2.45) is 0 Å². The third kappa shape index (κ3) is 9.27. The van der Waals surface area contributed by atoms with Crippen LogP contribution in [0.15, 0.2) is 48.5 Å². The minimum Gasteiger partial charge on any atom is -0.497 e. The number of hydrogen-bond acceptors (Lipinski definition) is 11. The van der Waals surface area contributed by atoms with Gasteiger partial charge in [-0.25, -0.2) is 9.97 Å². The number of rotatable bonds is 14. The van der Waals surface area contributed by atoms with Gasteiger partial charge in [-0.3, -0.25) is 14.6 Å². The van der Waals surface area contributed by atoms with Gasteiger partial charge in [0, 0.05) is 36.3 Å². The van der Waals surface area contributed by atoms with Crippen LogP contribution < -0.4 is 18.9 Å². The highest BCUT2D eigenvalue weighted by molar-refractivity contribution is 7.17. The second kappa shape index (κ2) is 17.7. The topological polar surface area (TPSA) is 86.2 Å². The maximum Gasteiger partial charge on any atom is 0.437 e. The zero-order valence-electron chi connectivity index (χ0n) is 31.4. The molecule has 56 heavy (non-hydrogen) atoms. The standard InChI is InChI=1S/C39H44F6N4O5S2/c1-5-25-11-7-9-21-48(25)34(53-36-30(38(40,41)42)46-32(55-36)23-13-17-27(51-3)18-14-23)29(50)35(49-22-10-8-12-26(49)6-2)54-37-31(39(43,44)45)47-33(56-37)24-15-19-28(52-4)20-16-24/h13-20,25-26,34-35H,5-12,21-22H2,1-4H3. The number of alkyl halides is 6. The molecule has 0 bridgehead atoms. The number of halogens is 6. The van der Waals surface area contributed by atoms with Crippen LogP contribution in [0.2, 0.25) is 0 Å². The Bertz CT molecular complexity index is 1780. The number of methoxy groups -OCH3 is 2. The number of aromatic nitrogens is 2. The first kappa shape index (κ1) is 41.7. The molecule has 4 aromatic rings. The number of carbonyl (C=O) groups excluding carboxylic acids is 1. The van der Waals surface area contributed by atoms with Crippen molar-refractivity contribution in [3.8, 4) is 42.8 Å². The van der Waals surface area contributed by atoms with Crippen LogP contribution in [-0.2, 0) is 17.1 Å². The number of thiazole rings is 2. The SMILES string of the molecule is CCC1CCCCN1C(Oc1sc(-c2ccc(OC)cc2)nc1C(F)(F)F)C(=O)C(Oc1sc(-c2ccc(OC)cc2)nc1C(F)(F)F)N1CCCCC1CC. The zero-order valence-corrected chi connectivity index (χ0v) is 33.0. The first-order chi connectivity index (χ1) is 26.7. The van der Waals surface area contributed by atoms with E-state index in [2.05, 4.69) is 9.97 Å². The fourth-order valence-corrected chi connectivity index (χ4v) is 9.22. The fourth-order valence-electron chi connectivity index (χ4n) is 7.29. The summed E-state index contributed by atoms with van der Waals surface area (Å²) < 4.78 is 111. The highest BCUT2D eigenvalue weighted by atomic mass is 32.1. The normalized spacial score (nSPS) is 19.7. The molecule has 0 aliphatic carbocycles. The lowest BCUT2D eigenvalue weighted by atomic mass is 9.97. The third-order valence-corrected chi connectivity index (χ3v) is 12.2. The van der Waals surface area contributed by atoms with Crippen molar-refractivity contribution in [2.45, 2.75) is 102 Å². The van der Waals surface area contributed by atoms with Gasteiger partial charge in [0.1, 0.15) is 21.5 Å². The van der Waals surface area contributed by atoms with E-state index < -0.39 is 52.1 Å². The van der Waals surface area contributed by atoms with Gasteiger partial charge < -0.3 is 18.9 Å². The number of nitrogens with zero attached hydrogens (tertiary/aromatic N) is 4. The molecule has 2 aliphatic heterocycles. The highest BCUT2D eigenvalue weighted by Gasteiger charge is 2.48.